The van der Waals surface area contributed by atoms with Crippen molar-refractivity contribution in [3.63, 3.8) is 0 Å². The van der Waals surface area contributed by atoms with E-state index in [4.69, 9.17) is 11.6 Å². The molecule has 1 N–H and O–H groups in total. The van der Waals surface area contributed by atoms with E-state index in [2.05, 4.69) is 49.7 Å². The maximum atomic E-state index is 13.6. The number of rotatable bonds is 2. The van der Waals surface area contributed by atoms with Gasteiger partial charge in [0.25, 0.3) is 5.91 Å². The number of aliphatic imine (C=N–C) groups is 2. The van der Waals surface area contributed by atoms with Gasteiger partial charge in [-0.2, -0.15) is 0 Å². The summed E-state index contributed by atoms with van der Waals surface area (Å²) in [5.74, 6) is -0.617. The second-order valence-corrected chi connectivity index (χ2v) is 10.2. The lowest BCUT2D eigenvalue weighted by atomic mass is 9.91. The van der Waals surface area contributed by atoms with Crippen LogP contribution in [0.25, 0.3) is 11.1 Å². The van der Waals surface area contributed by atoms with Crippen LogP contribution in [-0.2, 0) is 0 Å². The molecule has 6 heteroatoms. The number of carbonyl (C=O) groups excluding carboxylic acids is 1. The van der Waals surface area contributed by atoms with E-state index < -0.39 is 5.82 Å². The SMILES string of the molecule is C=NC.CN=C(C)C(C)(C)C.Cc1cc(C(=O)NC(C)(C)C)cc(-c2ccc(Cl)c(F)c2)c1. The van der Waals surface area contributed by atoms with Crippen LogP contribution in [0, 0.1) is 18.2 Å². The molecule has 33 heavy (non-hydrogen) atoms. The minimum Gasteiger partial charge on any atom is -0.347 e. The van der Waals surface area contributed by atoms with E-state index in [1.807, 2.05) is 46.9 Å². The van der Waals surface area contributed by atoms with Crippen LogP contribution < -0.4 is 5.32 Å². The molecule has 0 aromatic heterocycles. The molecule has 0 saturated carbocycles. The van der Waals surface area contributed by atoms with Crippen molar-refractivity contribution in [1.82, 2.24) is 5.32 Å². The third kappa shape index (κ3) is 11.8. The fourth-order valence-corrected chi connectivity index (χ4v) is 2.62. The van der Waals surface area contributed by atoms with Gasteiger partial charge in [0.15, 0.2) is 0 Å². The molecule has 0 saturated heterocycles. The van der Waals surface area contributed by atoms with E-state index in [1.165, 1.54) is 17.8 Å². The van der Waals surface area contributed by atoms with Gasteiger partial charge in [0.2, 0.25) is 0 Å². The highest BCUT2D eigenvalue weighted by molar-refractivity contribution is 6.30. The fraction of sp³-hybridized carbons (Fsp3) is 0.444. The summed E-state index contributed by atoms with van der Waals surface area (Å²) in [5.41, 5.74) is 4.12. The average molecular weight is 476 g/mol. The maximum absolute atomic E-state index is 13.6. The number of nitrogens with one attached hydrogen (secondary N) is 1. The van der Waals surface area contributed by atoms with E-state index in [-0.39, 0.29) is 21.9 Å². The molecule has 0 aliphatic carbocycles. The smallest absolute Gasteiger partial charge is 0.251 e. The molecule has 0 heterocycles. The second kappa shape index (κ2) is 13.2. The molecule has 0 aliphatic heterocycles. The van der Waals surface area contributed by atoms with Crippen LogP contribution >= 0.6 is 11.6 Å². The Kier molecular flexibility index (Phi) is 12.2. The number of aryl methyl sites for hydroxylation is 1. The van der Waals surface area contributed by atoms with Gasteiger partial charge in [0.1, 0.15) is 5.82 Å². The zero-order chi connectivity index (χ0) is 26.0. The largest absolute Gasteiger partial charge is 0.347 e. The Hall–Kier alpha value is -2.53. The molecule has 0 atom stereocenters. The summed E-state index contributed by atoms with van der Waals surface area (Å²) in [6, 6.07) is 10.1. The normalized spacial score (nSPS) is 11.5. The zero-order valence-corrected chi connectivity index (χ0v) is 22.5. The van der Waals surface area contributed by atoms with Crippen molar-refractivity contribution in [2.45, 2.75) is 60.9 Å². The second-order valence-electron chi connectivity index (χ2n) is 9.80. The lowest BCUT2D eigenvalue weighted by Gasteiger charge is -2.21. The summed E-state index contributed by atoms with van der Waals surface area (Å²) < 4.78 is 13.6. The molecule has 0 aliphatic rings. The van der Waals surface area contributed by atoms with Crippen molar-refractivity contribution in [1.29, 1.82) is 0 Å². The first-order valence-corrected chi connectivity index (χ1v) is 11.1. The number of nitrogens with zero attached hydrogens (tertiary/aromatic N) is 2. The van der Waals surface area contributed by atoms with Crippen LogP contribution in [0.2, 0.25) is 5.02 Å². The third-order valence-corrected chi connectivity index (χ3v) is 4.81. The van der Waals surface area contributed by atoms with Gasteiger partial charge in [-0.3, -0.25) is 9.79 Å². The number of carbonyl (C=O) groups is 1. The quantitative estimate of drug-likeness (QED) is 0.451. The Labute approximate surface area is 204 Å². The summed E-state index contributed by atoms with van der Waals surface area (Å²) >= 11 is 5.71. The maximum Gasteiger partial charge on any atom is 0.251 e. The van der Waals surface area contributed by atoms with Crippen LogP contribution in [0.1, 0.15) is 64.4 Å². The Morgan fingerprint density at radius 3 is 1.94 bits per heavy atom. The number of hydrogen-bond acceptors (Lipinski definition) is 3. The first-order chi connectivity index (χ1) is 15.0. The molecule has 2 aromatic carbocycles. The Morgan fingerprint density at radius 1 is 1.00 bits per heavy atom. The number of amides is 1. The van der Waals surface area contributed by atoms with Gasteiger partial charge < -0.3 is 10.3 Å². The molecular formula is C27H39ClFN3O. The molecule has 0 radical (unpaired) electrons. The molecule has 2 aromatic rings. The van der Waals surface area contributed by atoms with E-state index in [1.54, 1.807) is 19.2 Å². The highest BCUT2D eigenvalue weighted by Crippen LogP contribution is 2.26. The zero-order valence-electron chi connectivity index (χ0n) is 21.7. The van der Waals surface area contributed by atoms with Crippen LogP contribution in [-0.4, -0.2) is 38.0 Å². The van der Waals surface area contributed by atoms with E-state index in [0.29, 0.717) is 11.1 Å². The topological polar surface area (TPSA) is 53.8 Å². The predicted octanol–water partition coefficient (Wildman–Crippen LogP) is 7.42. The van der Waals surface area contributed by atoms with Gasteiger partial charge >= 0.3 is 0 Å². The molecule has 2 rings (SSSR count). The van der Waals surface area contributed by atoms with E-state index in [9.17, 15) is 9.18 Å². The van der Waals surface area contributed by atoms with Crippen molar-refractivity contribution in [2.24, 2.45) is 15.4 Å². The Balaban J connectivity index is 0.000000780. The minimum atomic E-state index is -0.471. The number of benzene rings is 2. The standard InChI is InChI=1S/C18H19ClFNO.C7H15N.C2H5N/c1-11-7-13(12-5-6-15(19)16(20)10-12)9-14(8-11)17(22)21-18(2,3)4;1-6(8-5)7(2,3)4;1-3-2/h5-10H,1-4H3,(H,21,22);1-5H3;1H2,2H3. The summed E-state index contributed by atoms with van der Waals surface area (Å²) in [7, 11) is 3.47. The predicted molar refractivity (Wildman–Crippen MR) is 143 cm³/mol. The Bertz CT molecular complexity index is 970. The Morgan fingerprint density at radius 2 is 1.55 bits per heavy atom. The third-order valence-electron chi connectivity index (χ3n) is 4.50. The van der Waals surface area contributed by atoms with E-state index in [0.717, 1.165) is 11.1 Å². The summed E-state index contributed by atoms with van der Waals surface area (Å²) in [6.07, 6.45) is 0. The monoisotopic (exact) mass is 475 g/mol. The fourth-order valence-electron chi connectivity index (χ4n) is 2.50. The molecule has 0 unspecified atom stereocenters. The van der Waals surface area contributed by atoms with Gasteiger partial charge in [0.05, 0.1) is 5.02 Å². The molecule has 1 amide bonds. The average Bonchev–Trinajstić information content (AvgIpc) is 2.68. The van der Waals surface area contributed by atoms with Gasteiger partial charge in [-0.25, -0.2) is 4.39 Å². The van der Waals surface area contributed by atoms with Crippen molar-refractivity contribution >= 4 is 29.9 Å². The lowest BCUT2D eigenvalue weighted by Crippen LogP contribution is -2.40. The summed E-state index contributed by atoms with van der Waals surface area (Å²) in [4.78, 5) is 19.6. The van der Waals surface area contributed by atoms with Crippen molar-refractivity contribution in [3.8, 4) is 11.1 Å². The van der Waals surface area contributed by atoms with Gasteiger partial charge in [-0.05, 0) is 87.7 Å². The summed E-state index contributed by atoms with van der Waals surface area (Å²) in [6.45, 7) is 19.3. The van der Waals surface area contributed by atoms with E-state index >= 15 is 0 Å². The molecule has 0 spiro atoms. The highest BCUT2D eigenvalue weighted by atomic mass is 35.5. The first-order valence-electron chi connectivity index (χ1n) is 10.7. The molecule has 4 nitrogen and oxygen atoms in total. The van der Waals surface area contributed by atoms with Crippen molar-refractivity contribution in [3.05, 3.63) is 58.4 Å². The molecule has 0 fully saturated rings. The van der Waals surface area contributed by atoms with Gasteiger partial charge in [0, 0.05) is 30.9 Å². The summed E-state index contributed by atoms with van der Waals surface area (Å²) in [5, 5.41) is 3.01. The van der Waals surface area contributed by atoms with Crippen molar-refractivity contribution < 1.29 is 9.18 Å². The number of halogens is 2. The lowest BCUT2D eigenvalue weighted by molar-refractivity contribution is 0.0919. The van der Waals surface area contributed by atoms with Gasteiger partial charge in [-0.1, -0.05) is 44.5 Å². The molecule has 182 valence electrons. The van der Waals surface area contributed by atoms with Gasteiger partial charge in [-0.15, -0.1) is 0 Å². The van der Waals surface area contributed by atoms with Crippen LogP contribution in [0.5, 0.6) is 0 Å². The van der Waals surface area contributed by atoms with Crippen molar-refractivity contribution in [2.75, 3.05) is 14.1 Å². The first kappa shape index (κ1) is 30.5. The van der Waals surface area contributed by atoms with Crippen LogP contribution in [0.15, 0.2) is 46.4 Å². The highest BCUT2D eigenvalue weighted by Gasteiger charge is 2.16. The molecular weight excluding hydrogens is 437 g/mol. The van der Waals surface area contributed by atoms with Crippen LogP contribution in [0.4, 0.5) is 4.39 Å². The van der Waals surface area contributed by atoms with Crippen LogP contribution in [0.3, 0.4) is 0 Å². The number of hydrogen-bond donors (Lipinski definition) is 1. The molecule has 0 bridgehead atoms. The minimum absolute atomic E-state index is 0.0853.